The second-order valence-electron chi connectivity index (χ2n) is 4.38. The van der Waals surface area contributed by atoms with Gasteiger partial charge in [0.2, 0.25) is 6.10 Å². The molecule has 2 N–H and O–H groups in total. The fourth-order valence-electron chi connectivity index (χ4n) is 1.67. The topological polar surface area (TPSA) is 48.1 Å². The van der Waals surface area contributed by atoms with Crippen molar-refractivity contribution in [2.75, 3.05) is 0 Å². The second-order valence-corrected chi connectivity index (χ2v) is 4.38. The van der Waals surface area contributed by atoms with Gasteiger partial charge in [-0.3, -0.25) is 4.98 Å². The van der Waals surface area contributed by atoms with E-state index in [0.717, 1.165) is 6.20 Å². The van der Waals surface area contributed by atoms with Crippen LogP contribution in [0.3, 0.4) is 0 Å². The minimum absolute atomic E-state index is 0.0605. The van der Waals surface area contributed by atoms with Crippen molar-refractivity contribution in [1.82, 2.24) is 4.98 Å². The van der Waals surface area contributed by atoms with E-state index in [-0.39, 0.29) is 12.0 Å². The summed E-state index contributed by atoms with van der Waals surface area (Å²) in [6, 6.07) is 1.67. The van der Waals surface area contributed by atoms with Crippen LogP contribution in [-0.4, -0.2) is 29.5 Å². The van der Waals surface area contributed by atoms with E-state index in [9.17, 15) is 26.3 Å². The van der Waals surface area contributed by atoms with Crippen molar-refractivity contribution >= 4 is 0 Å². The number of halogens is 6. The molecule has 0 aliphatic rings. The summed E-state index contributed by atoms with van der Waals surface area (Å²) in [5.41, 5.74) is 5.66. The maximum atomic E-state index is 12.6. The fourth-order valence-corrected chi connectivity index (χ4v) is 1.67. The van der Waals surface area contributed by atoms with E-state index in [0.29, 0.717) is 0 Å². The molecule has 120 valence electrons. The first-order valence-electron chi connectivity index (χ1n) is 6.01. The molecule has 0 saturated carbocycles. The van der Waals surface area contributed by atoms with Crippen molar-refractivity contribution in [2.24, 2.45) is 5.73 Å². The van der Waals surface area contributed by atoms with Gasteiger partial charge >= 0.3 is 12.4 Å². The number of nitrogens with two attached hydrogens (primary N) is 1. The maximum absolute atomic E-state index is 12.6. The van der Waals surface area contributed by atoms with Gasteiger partial charge in [0.05, 0.1) is 0 Å². The molecule has 0 aromatic carbocycles. The monoisotopic (exact) mass is 316 g/mol. The summed E-state index contributed by atoms with van der Waals surface area (Å²) >= 11 is 0. The lowest BCUT2D eigenvalue weighted by Crippen LogP contribution is -2.47. The first-order valence-corrected chi connectivity index (χ1v) is 6.01. The Labute approximate surface area is 117 Å². The van der Waals surface area contributed by atoms with Crippen LogP contribution in [0.1, 0.15) is 25.0 Å². The summed E-state index contributed by atoms with van der Waals surface area (Å²) in [6.07, 6.45) is -14.0. The summed E-state index contributed by atoms with van der Waals surface area (Å²) in [6.45, 7) is 1.54. The van der Waals surface area contributed by atoms with Crippen LogP contribution < -0.4 is 5.73 Å². The van der Waals surface area contributed by atoms with Gasteiger partial charge in [-0.1, -0.05) is 13.0 Å². The SMILES string of the molecule is CCC(N)C(OC(C(F)(F)F)C(F)(F)F)c1cccnc1. The molecule has 0 fully saturated rings. The van der Waals surface area contributed by atoms with Crippen molar-refractivity contribution < 1.29 is 31.1 Å². The number of aromatic nitrogens is 1. The smallest absolute Gasteiger partial charge is 0.351 e. The molecule has 1 aromatic rings. The number of rotatable bonds is 5. The highest BCUT2D eigenvalue weighted by molar-refractivity contribution is 5.14. The Morgan fingerprint density at radius 3 is 2.14 bits per heavy atom. The fraction of sp³-hybridized carbons (Fsp3) is 0.583. The van der Waals surface area contributed by atoms with E-state index in [1.807, 2.05) is 0 Å². The molecule has 0 aliphatic heterocycles. The van der Waals surface area contributed by atoms with Gasteiger partial charge in [-0.15, -0.1) is 0 Å². The average Bonchev–Trinajstić information content (AvgIpc) is 2.36. The van der Waals surface area contributed by atoms with Crippen LogP contribution >= 0.6 is 0 Å². The van der Waals surface area contributed by atoms with Crippen LogP contribution in [0.2, 0.25) is 0 Å². The van der Waals surface area contributed by atoms with Crippen molar-refractivity contribution in [3.63, 3.8) is 0 Å². The van der Waals surface area contributed by atoms with E-state index in [1.165, 1.54) is 25.3 Å². The standard InChI is InChI=1S/C12H14F6N2O/c1-2-8(19)9(7-4-3-5-20-6-7)21-10(11(13,14)15)12(16,17)18/h3-6,8-10H,2,19H2,1H3. The Kier molecular flexibility index (Phi) is 5.57. The van der Waals surface area contributed by atoms with E-state index < -0.39 is 30.6 Å². The zero-order valence-corrected chi connectivity index (χ0v) is 10.9. The Hall–Kier alpha value is -1.35. The molecule has 3 nitrogen and oxygen atoms in total. The third kappa shape index (κ3) is 4.85. The van der Waals surface area contributed by atoms with E-state index >= 15 is 0 Å². The lowest BCUT2D eigenvalue weighted by molar-refractivity contribution is -0.333. The first-order chi connectivity index (χ1) is 9.57. The van der Waals surface area contributed by atoms with Gasteiger partial charge in [0.1, 0.15) is 6.10 Å². The van der Waals surface area contributed by atoms with Crippen molar-refractivity contribution in [2.45, 2.75) is 43.9 Å². The normalized spacial score (nSPS) is 16.0. The van der Waals surface area contributed by atoms with Gasteiger partial charge in [0, 0.05) is 24.0 Å². The number of nitrogens with zero attached hydrogens (tertiary/aromatic N) is 1. The molecule has 0 saturated heterocycles. The number of pyridine rings is 1. The molecule has 0 aliphatic carbocycles. The number of alkyl halides is 6. The number of ether oxygens (including phenoxy) is 1. The van der Waals surface area contributed by atoms with Crippen LogP contribution in [-0.2, 0) is 4.74 Å². The number of hydrogen-bond donors (Lipinski definition) is 1. The molecule has 2 unspecified atom stereocenters. The highest BCUT2D eigenvalue weighted by Gasteiger charge is 2.59. The summed E-state index contributed by atoms with van der Waals surface area (Å²) in [7, 11) is 0. The molecule has 1 aromatic heterocycles. The van der Waals surface area contributed by atoms with Crippen LogP contribution in [0.5, 0.6) is 0 Å². The maximum Gasteiger partial charge on any atom is 0.423 e. The Bertz CT molecular complexity index is 420. The van der Waals surface area contributed by atoms with Crippen LogP contribution in [0.4, 0.5) is 26.3 Å². The van der Waals surface area contributed by atoms with Crippen molar-refractivity contribution in [3.8, 4) is 0 Å². The van der Waals surface area contributed by atoms with Crippen LogP contribution in [0.15, 0.2) is 24.5 Å². The highest BCUT2D eigenvalue weighted by Crippen LogP contribution is 2.39. The van der Waals surface area contributed by atoms with Crippen molar-refractivity contribution in [1.29, 1.82) is 0 Å². The molecule has 21 heavy (non-hydrogen) atoms. The summed E-state index contributed by atoms with van der Waals surface area (Å²) in [5, 5.41) is 0. The zero-order chi connectivity index (χ0) is 16.3. The minimum atomic E-state index is -5.58. The largest absolute Gasteiger partial charge is 0.423 e. The lowest BCUT2D eigenvalue weighted by atomic mass is 10.0. The van der Waals surface area contributed by atoms with Crippen LogP contribution in [0, 0.1) is 0 Å². The molecule has 2 atom stereocenters. The molecular weight excluding hydrogens is 302 g/mol. The third-order valence-corrected chi connectivity index (χ3v) is 2.75. The predicted octanol–water partition coefficient (Wildman–Crippen LogP) is 3.37. The molecule has 9 heteroatoms. The average molecular weight is 316 g/mol. The summed E-state index contributed by atoms with van der Waals surface area (Å²) in [5.74, 6) is 0. The summed E-state index contributed by atoms with van der Waals surface area (Å²) in [4.78, 5) is 3.66. The van der Waals surface area contributed by atoms with Gasteiger partial charge in [-0.2, -0.15) is 26.3 Å². The molecule has 1 rings (SSSR count). The molecular formula is C12H14F6N2O. The third-order valence-electron chi connectivity index (χ3n) is 2.75. The van der Waals surface area contributed by atoms with Crippen molar-refractivity contribution in [3.05, 3.63) is 30.1 Å². The van der Waals surface area contributed by atoms with E-state index in [1.54, 1.807) is 0 Å². The molecule has 1 heterocycles. The molecule has 0 amide bonds. The van der Waals surface area contributed by atoms with Gasteiger partial charge in [0.15, 0.2) is 0 Å². The Balaban J connectivity index is 3.10. The van der Waals surface area contributed by atoms with E-state index in [2.05, 4.69) is 9.72 Å². The van der Waals surface area contributed by atoms with Gasteiger partial charge in [-0.25, -0.2) is 0 Å². The molecule has 0 radical (unpaired) electrons. The van der Waals surface area contributed by atoms with Gasteiger partial charge in [-0.05, 0) is 12.5 Å². The zero-order valence-electron chi connectivity index (χ0n) is 10.9. The Morgan fingerprint density at radius 1 is 1.19 bits per heavy atom. The van der Waals surface area contributed by atoms with Gasteiger partial charge in [0.25, 0.3) is 0 Å². The minimum Gasteiger partial charge on any atom is -0.351 e. The second kappa shape index (κ2) is 6.61. The lowest BCUT2D eigenvalue weighted by Gasteiger charge is -2.30. The van der Waals surface area contributed by atoms with Gasteiger partial charge < -0.3 is 10.5 Å². The highest BCUT2D eigenvalue weighted by atomic mass is 19.4. The predicted molar refractivity (Wildman–Crippen MR) is 62.2 cm³/mol. The Morgan fingerprint density at radius 2 is 1.76 bits per heavy atom. The first kappa shape index (κ1) is 17.7. The van der Waals surface area contributed by atoms with Crippen LogP contribution in [0.25, 0.3) is 0 Å². The molecule has 0 spiro atoms. The molecule has 0 bridgehead atoms. The van der Waals surface area contributed by atoms with E-state index in [4.69, 9.17) is 5.73 Å². The summed E-state index contributed by atoms with van der Waals surface area (Å²) < 4.78 is 79.7. The quantitative estimate of drug-likeness (QED) is 0.847. The number of hydrogen-bond acceptors (Lipinski definition) is 3.